The van der Waals surface area contributed by atoms with Gasteiger partial charge in [0.25, 0.3) is 11.1 Å². The van der Waals surface area contributed by atoms with Crippen molar-refractivity contribution in [1.82, 2.24) is 13.9 Å². The second-order valence-corrected chi connectivity index (χ2v) is 8.63. The van der Waals surface area contributed by atoms with Crippen LogP contribution < -0.4 is 20.6 Å². The average molecular weight is 511 g/mol. The Labute approximate surface area is 218 Å². The molecule has 0 saturated carbocycles. The number of hydrogen-bond acceptors (Lipinski definition) is 6. The highest BCUT2D eigenvalue weighted by molar-refractivity contribution is 6.03. The Bertz CT molecular complexity index is 1810. The normalized spacial score (nSPS) is 11.4. The summed E-state index contributed by atoms with van der Waals surface area (Å²) in [6.07, 6.45) is 1.41. The smallest absolute Gasteiger partial charge is 0.297 e. The van der Waals surface area contributed by atoms with Crippen LogP contribution >= 0.6 is 0 Å². The van der Waals surface area contributed by atoms with Crippen molar-refractivity contribution < 1.29 is 14.6 Å². The van der Waals surface area contributed by atoms with E-state index in [1.807, 2.05) is 30.3 Å². The lowest BCUT2D eigenvalue weighted by atomic mass is 10.1. The van der Waals surface area contributed by atoms with Gasteiger partial charge in [-0.3, -0.25) is 14.3 Å². The fourth-order valence-electron chi connectivity index (χ4n) is 4.52. The third kappa shape index (κ3) is 3.94. The first kappa shape index (κ1) is 24.6. The van der Waals surface area contributed by atoms with Gasteiger partial charge in [-0.1, -0.05) is 30.3 Å². The monoisotopic (exact) mass is 510 g/mol. The number of aromatic nitrogens is 3. The number of ether oxygens (including phenoxy) is 2. The molecule has 0 radical (unpaired) electrons. The Balaban J connectivity index is 1.77. The van der Waals surface area contributed by atoms with E-state index < -0.39 is 5.56 Å². The van der Waals surface area contributed by atoms with Gasteiger partial charge < -0.3 is 14.6 Å². The van der Waals surface area contributed by atoms with Crippen LogP contribution in [0.2, 0.25) is 0 Å². The minimum absolute atomic E-state index is 0.215. The van der Waals surface area contributed by atoms with Gasteiger partial charge in [0.1, 0.15) is 11.5 Å². The van der Waals surface area contributed by atoms with Crippen LogP contribution in [0.5, 0.6) is 17.4 Å². The van der Waals surface area contributed by atoms with Crippen molar-refractivity contribution in [2.24, 2.45) is 12.0 Å². The maximum absolute atomic E-state index is 13.6. The van der Waals surface area contributed by atoms with Crippen molar-refractivity contribution in [3.8, 4) is 28.8 Å². The van der Waals surface area contributed by atoms with Gasteiger partial charge in [-0.15, -0.1) is 0 Å². The number of hydrogen-bond donors (Lipinski definition) is 1. The van der Waals surface area contributed by atoms with E-state index in [2.05, 4.69) is 4.99 Å². The molecule has 0 fully saturated rings. The van der Waals surface area contributed by atoms with Gasteiger partial charge in [-0.05, 0) is 49.4 Å². The molecule has 0 bridgehead atoms. The second-order valence-electron chi connectivity index (χ2n) is 8.63. The molecule has 2 aromatic heterocycles. The van der Waals surface area contributed by atoms with E-state index in [0.717, 1.165) is 0 Å². The van der Waals surface area contributed by atoms with Crippen LogP contribution in [0.25, 0.3) is 22.1 Å². The molecule has 0 saturated heterocycles. The van der Waals surface area contributed by atoms with E-state index in [1.165, 1.54) is 29.7 Å². The second kappa shape index (κ2) is 9.78. The van der Waals surface area contributed by atoms with Gasteiger partial charge in [-0.25, -0.2) is 14.2 Å². The van der Waals surface area contributed by atoms with E-state index in [1.54, 1.807) is 61.1 Å². The summed E-state index contributed by atoms with van der Waals surface area (Å²) in [5.41, 5.74) is 1.42. The van der Waals surface area contributed by atoms with Crippen LogP contribution in [0.1, 0.15) is 11.3 Å². The van der Waals surface area contributed by atoms with Gasteiger partial charge in [0, 0.05) is 18.6 Å². The largest absolute Gasteiger partial charge is 0.497 e. The van der Waals surface area contributed by atoms with E-state index in [9.17, 15) is 14.7 Å². The zero-order valence-electron chi connectivity index (χ0n) is 21.4. The van der Waals surface area contributed by atoms with Gasteiger partial charge in [0.05, 0.1) is 42.2 Å². The average Bonchev–Trinajstić information content (AvgIpc) is 3.16. The van der Waals surface area contributed by atoms with Crippen molar-refractivity contribution in [1.29, 1.82) is 0 Å². The highest BCUT2D eigenvalue weighted by Gasteiger charge is 2.20. The molecule has 38 heavy (non-hydrogen) atoms. The fourth-order valence-corrected chi connectivity index (χ4v) is 4.52. The Morgan fingerprint density at radius 2 is 1.58 bits per heavy atom. The van der Waals surface area contributed by atoms with Crippen LogP contribution in [0, 0.1) is 6.92 Å². The number of rotatable bonds is 6. The standard InChI is InChI=1S/C29H26N4O5/c1-18-26(29(36)33(31(18)2)19-10-6-5-7-11-19)30-17-23-21-15-14-20(37-3)16-22(21)27(34)32(28(23)35)24-12-8-9-13-25(24)38-4/h5-17,35H,1-4H3. The molecule has 5 rings (SSSR count). The zero-order valence-corrected chi connectivity index (χ0v) is 21.4. The lowest BCUT2D eigenvalue weighted by Crippen LogP contribution is -2.21. The Kier molecular flexibility index (Phi) is 6.34. The summed E-state index contributed by atoms with van der Waals surface area (Å²) in [7, 11) is 4.78. The molecule has 3 aromatic carbocycles. The molecule has 9 heteroatoms. The van der Waals surface area contributed by atoms with Crippen molar-refractivity contribution in [3.05, 3.63) is 105 Å². The van der Waals surface area contributed by atoms with Gasteiger partial charge >= 0.3 is 0 Å². The molecule has 1 N–H and O–H groups in total. The first-order chi connectivity index (χ1) is 18.4. The van der Waals surface area contributed by atoms with E-state index in [-0.39, 0.29) is 22.7 Å². The molecule has 0 aliphatic carbocycles. The molecular formula is C29H26N4O5. The van der Waals surface area contributed by atoms with Gasteiger partial charge in [-0.2, -0.15) is 0 Å². The van der Waals surface area contributed by atoms with E-state index in [0.29, 0.717) is 39.3 Å². The van der Waals surface area contributed by atoms with Crippen molar-refractivity contribution in [2.45, 2.75) is 6.92 Å². The molecule has 9 nitrogen and oxygen atoms in total. The molecular weight excluding hydrogens is 484 g/mol. The van der Waals surface area contributed by atoms with Crippen LogP contribution in [-0.4, -0.2) is 39.5 Å². The SMILES string of the molecule is COc1ccc2c(C=Nc3c(C)n(C)n(-c4ccccc4)c3=O)c(O)n(-c3ccccc3OC)c(=O)c2c1. The van der Waals surface area contributed by atoms with E-state index >= 15 is 0 Å². The number of benzene rings is 3. The number of methoxy groups -OCH3 is 2. The Morgan fingerprint density at radius 3 is 2.29 bits per heavy atom. The summed E-state index contributed by atoms with van der Waals surface area (Å²) in [4.78, 5) is 31.5. The fraction of sp³-hybridized carbons (Fsp3) is 0.138. The van der Waals surface area contributed by atoms with Crippen LogP contribution in [0.15, 0.2) is 87.4 Å². The summed E-state index contributed by atoms with van der Waals surface area (Å²) in [5.74, 6) is 0.553. The van der Waals surface area contributed by atoms with Crippen molar-refractivity contribution in [3.63, 3.8) is 0 Å². The van der Waals surface area contributed by atoms with Crippen molar-refractivity contribution in [2.75, 3.05) is 14.2 Å². The van der Waals surface area contributed by atoms with Crippen LogP contribution in [0.3, 0.4) is 0 Å². The predicted molar refractivity (Wildman–Crippen MR) is 147 cm³/mol. The molecule has 0 aliphatic heterocycles. The molecule has 2 heterocycles. The number of aliphatic imine (C=N–C) groups is 1. The number of nitrogens with zero attached hydrogens (tertiary/aromatic N) is 4. The number of para-hydroxylation sites is 3. The minimum atomic E-state index is -0.458. The molecule has 0 atom stereocenters. The third-order valence-corrected chi connectivity index (χ3v) is 6.58. The lowest BCUT2D eigenvalue weighted by Gasteiger charge is -2.16. The van der Waals surface area contributed by atoms with Gasteiger partial charge in [0.2, 0.25) is 5.88 Å². The van der Waals surface area contributed by atoms with Crippen LogP contribution in [-0.2, 0) is 7.05 Å². The lowest BCUT2D eigenvalue weighted by molar-refractivity contribution is 0.403. The van der Waals surface area contributed by atoms with Gasteiger partial charge in [0.15, 0.2) is 5.69 Å². The molecule has 5 aromatic rings. The summed E-state index contributed by atoms with van der Waals surface area (Å²) < 4.78 is 15.2. The molecule has 0 amide bonds. The number of aromatic hydroxyl groups is 1. The molecule has 0 spiro atoms. The maximum Gasteiger partial charge on any atom is 0.297 e. The third-order valence-electron chi connectivity index (χ3n) is 6.58. The summed E-state index contributed by atoms with van der Waals surface area (Å²) in [6.45, 7) is 1.80. The quantitative estimate of drug-likeness (QED) is 0.344. The van der Waals surface area contributed by atoms with Crippen molar-refractivity contribution >= 4 is 22.7 Å². The summed E-state index contributed by atoms with van der Waals surface area (Å²) in [6, 6.07) is 21.1. The molecule has 0 unspecified atom stereocenters. The van der Waals surface area contributed by atoms with Crippen LogP contribution in [0.4, 0.5) is 5.69 Å². The highest BCUT2D eigenvalue weighted by atomic mass is 16.5. The summed E-state index contributed by atoms with van der Waals surface area (Å²) >= 11 is 0. The highest BCUT2D eigenvalue weighted by Crippen LogP contribution is 2.32. The summed E-state index contributed by atoms with van der Waals surface area (Å²) in [5, 5.41) is 12.2. The Hall–Kier alpha value is -5.05. The Morgan fingerprint density at radius 1 is 0.868 bits per heavy atom. The zero-order chi connectivity index (χ0) is 27.0. The maximum atomic E-state index is 13.6. The molecule has 0 aliphatic rings. The van der Waals surface area contributed by atoms with E-state index in [4.69, 9.17) is 9.47 Å². The predicted octanol–water partition coefficient (Wildman–Crippen LogP) is 4.26. The first-order valence-corrected chi connectivity index (χ1v) is 11.8. The first-order valence-electron chi connectivity index (χ1n) is 11.8. The minimum Gasteiger partial charge on any atom is -0.497 e. The topological polar surface area (TPSA) is 100.0 Å². The number of pyridine rings is 1. The number of fused-ring (bicyclic) bond motifs is 1. The molecule has 192 valence electrons.